The lowest BCUT2D eigenvalue weighted by Crippen LogP contribution is -2.46. The van der Waals surface area contributed by atoms with Gasteiger partial charge in [0.15, 0.2) is 0 Å². The quantitative estimate of drug-likeness (QED) is 0.846. The monoisotopic (exact) mass is 289 g/mol. The number of likely N-dealkylation sites (N-methyl/N-ethyl adjacent to an activating group) is 1. The molecule has 4 heteroatoms. The third-order valence-corrected chi connectivity index (χ3v) is 4.53. The zero-order valence-electron chi connectivity index (χ0n) is 13.1. The van der Waals surface area contributed by atoms with E-state index in [1.54, 1.807) is 0 Å². The van der Waals surface area contributed by atoms with Gasteiger partial charge in [0, 0.05) is 18.3 Å². The van der Waals surface area contributed by atoms with Crippen LogP contribution in [-0.2, 0) is 11.3 Å². The highest BCUT2D eigenvalue weighted by molar-refractivity contribution is 5.95. The van der Waals surface area contributed by atoms with Crippen molar-refractivity contribution in [3.63, 3.8) is 0 Å². The van der Waals surface area contributed by atoms with E-state index in [4.69, 9.17) is 5.73 Å². The summed E-state index contributed by atoms with van der Waals surface area (Å²) in [5.41, 5.74) is 7.53. The molecule has 0 saturated heterocycles. The predicted molar refractivity (Wildman–Crippen MR) is 87.1 cm³/mol. The van der Waals surface area contributed by atoms with E-state index in [-0.39, 0.29) is 11.9 Å². The zero-order valence-corrected chi connectivity index (χ0v) is 13.1. The van der Waals surface area contributed by atoms with Crippen LogP contribution in [0.15, 0.2) is 24.3 Å². The summed E-state index contributed by atoms with van der Waals surface area (Å²) in [5, 5.41) is 3.04. The highest BCUT2D eigenvalue weighted by Gasteiger charge is 2.29. The van der Waals surface area contributed by atoms with Gasteiger partial charge in [-0.05, 0) is 37.9 Å². The molecule has 1 saturated carbocycles. The first-order valence-electron chi connectivity index (χ1n) is 8.02. The zero-order chi connectivity index (χ0) is 15.2. The lowest BCUT2D eigenvalue weighted by Gasteiger charge is -2.32. The van der Waals surface area contributed by atoms with Gasteiger partial charge in [0.1, 0.15) is 0 Å². The lowest BCUT2D eigenvalue weighted by atomic mass is 10.1. The van der Waals surface area contributed by atoms with Gasteiger partial charge in [0.05, 0.1) is 6.04 Å². The lowest BCUT2D eigenvalue weighted by molar-refractivity contribution is -0.121. The molecule has 1 aromatic rings. The van der Waals surface area contributed by atoms with Gasteiger partial charge in [-0.15, -0.1) is 0 Å². The number of benzene rings is 1. The van der Waals surface area contributed by atoms with Crippen LogP contribution < -0.4 is 11.1 Å². The van der Waals surface area contributed by atoms with Crippen molar-refractivity contribution in [1.29, 1.82) is 0 Å². The van der Waals surface area contributed by atoms with Crippen molar-refractivity contribution >= 4 is 11.6 Å². The summed E-state index contributed by atoms with van der Waals surface area (Å²) in [5.74, 6) is 0.0599. The summed E-state index contributed by atoms with van der Waals surface area (Å²) in [6.45, 7) is 5.49. The van der Waals surface area contributed by atoms with Crippen LogP contribution in [0.2, 0.25) is 0 Å². The van der Waals surface area contributed by atoms with E-state index in [0.29, 0.717) is 12.6 Å². The molecule has 0 spiro atoms. The molecule has 1 aliphatic rings. The van der Waals surface area contributed by atoms with E-state index in [2.05, 4.69) is 17.1 Å². The first kappa shape index (κ1) is 16.0. The second-order valence-electron chi connectivity index (χ2n) is 5.80. The van der Waals surface area contributed by atoms with Gasteiger partial charge in [-0.25, -0.2) is 0 Å². The fourth-order valence-electron chi connectivity index (χ4n) is 3.29. The van der Waals surface area contributed by atoms with Crippen molar-refractivity contribution in [1.82, 2.24) is 4.90 Å². The number of rotatable bonds is 6. The Kier molecular flexibility index (Phi) is 5.76. The van der Waals surface area contributed by atoms with Crippen LogP contribution in [0.1, 0.15) is 45.1 Å². The molecule has 1 amide bonds. The Morgan fingerprint density at radius 3 is 2.67 bits per heavy atom. The Balaban J connectivity index is 2.04. The van der Waals surface area contributed by atoms with Crippen LogP contribution in [0.4, 0.5) is 5.69 Å². The van der Waals surface area contributed by atoms with Crippen LogP contribution in [0.25, 0.3) is 0 Å². The van der Waals surface area contributed by atoms with E-state index < -0.39 is 0 Å². The predicted octanol–water partition coefficient (Wildman–Crippen LogP) is 2.74. The normalized spacial score (nSPS) is 17.1. The highest BCUT2D eigenvalue weighted by atomic mass is 16.2. The van der Waals surface area contributed by atoms with Gasteiger partial charge in [-0.3, -0.25) is 9.69 Å². The summed E-state index contributed by atoms with van der Waals surface area (Å²) >= 11 is 0. The van der Waals surface area contributed by atoms with Gasteiger partial charge in [0.25, 0.3) is 0 Å². The topological polar surface area (TPSA) is 58.4 Å². The Labute approximate surface area is 127 Å². The standard InChI is InChI=1S/C17H27N3O/c1-3-20(15-9-5-6-10-15)13(2)17(21)19-16-11-7-4-8-14(16)12-18/h4,7-8,11,13,15H,3,5-6,9-10,12,18H2,1-2H3,(H,19,21). The number of hydrogen-bond donors (Lipinski definition) is 2. The van der Waals surface area contributed by atoms with E-state index in [1.165, 1.54) is 25.7 Å². The number of nitrogens with two attached hydrogens (primary N) is 1. The van der Waals surface area contributed by atoms with Crippen molar-refractivity contribution in [2.45, 2.75) is 58.2 Å². The van der Waals surface area contributed by atoms with Crippen molar-refractivity contribution in [3.05, 3.63) is 29.8 Å². The number of nitrogens with zero attached hydrogens (tertiary/aromatic N) is 1. The molecule has 116 valence electrons. The molecule has 1 unspecified atom stereocenters. The van der Waals surface area contributed by atoms with Crippen molar-refractivity contribution < 1.29 is 4.79 Å². The molecular formula is C17H27N3O. The largest absolute Gasteiger partial charge is 0.326 e. The summed E-state index contributed by atoms with van der Waals surface area (Å²) in [6.07, 6.45) is 4.99. The molecule has 0 bridgehead atoms. The third kappa shape index (κ3) is 3.83. The number of carbonyl (C=O) groups is 1. The molecule has 1 atom stereocenters. The van der Waals surface area contributed by atoms with Gasteiger partial charge in [-0.2, -0.15) is 0 Å². The maximum absolute atomic E-state index is 12.5. The molecule has 3 N–H and O–H groups in total. The summed E-state index contributed by atoms with van der Waals surface area (Å²) in [7, 11) is 0. The maximum atomic E-state index is 12.5. The molecule has 0 radical (unpaired) electrons. The number of para-hydroxylation sites is 1. The van der Waals surface area contributed by atoms with Crippen LogP contribution in [0.5, 0.6) is 0 Å². The Morgan fingerprint density at radius 1 is 1.38 bits per heavy atom. The van der Waals surface area contributed by atoms with Crippen LogP contribution >= 0.6 is 0 Å². The molecule has 21 heavy (non-hydrogen) atoms. The van der Waals surface area contributed by atoms with Gasteiger partial charge in [-0.1, -0.05) is 38.0 Å². The van der Waals surface area contributed by atoms with Gasteiger partial charge in [0.2, 0.25) is 5.91 Å². The second-order valence-corrected chi connectivity index (χ2v) is 5.80. The van der Waals surface area contributed by atoms with E-state index >= 15 is 0 Å². The number of anilines is 1. The van der Waals surface area contributed by atoms with Crippen LogP contribution in [0, 0.1) is 0 Å². The molecule has 2 rings (SSSR count). The Bertz CT molecular complexity index is 469. The fraction of sp³-hybridized carbons (Fsp3) is 0.588. The molecule has 0 aromatic heterocycles. The van der Waals surface area contributed by atoms with E-state index in [9.17, 15) is 4.79 Å². The average Bonchev–Trinajstić information content (AvgIpc) is 3.02. The number of nitrogens with one attached hydrogen (secondary N) is 1. The Morgan fingerprint density at radius 2 is 2.05 bits per heavy atom. The first-order valence-corrected chi connectivity index (χ1v) is 8.02. The molecule has 4 nitrogen and oxygen atoms in total. The number of amides is 1. The first-order chi connectivity index (χ1) is 10.2. The summed E-state index contributed by atoms with van der Waals surface area (Å²) in [6, 6.07) is 8.18. The van der Waals surface area contributed by atoms with Crippen LogP contribution in [-0.4, -0.2) is 29.4 Å². The minimum absolute atomic E-state index is 0.0599. The minimum atomic E-state index is -0.107. The highest BCUT2D eigenvalue weighted by Crippen LogP contribution is 2.25. The van der Waals surface area contributed by atoms with Gasteiger partial charge >= 0.3 is 0 Å². The van der Waals surface area contributed by atoms with Crippen molar-refractivity contribution in [3.8, 4) is 0 Å². The molecular weight excluding hydrogens is 262 g/mol. The minimum Gasteiger partial charge on any atom is -0.326 e. The molecule has 1 aliphatic carbocycles. The molecule has 0 aliphatic heterocycles. The smallest absolute Gasteiger partial charge is 0.241 e. The maximum Gasteiger partial charge on any atom is 0.241 e. The van der Waals surface area contributed by atoms with Crippen molar-refractivity contribution in [2.24, 2.45) is 5.73 Å². The third-order valence-electron chi connectivity index (χ3n) is 4.53. The van der Waals surface area contributed by atoms with Crippen molar-refractivity contribution in [2.75, 3.05) is 11.9 Å². The Hall–Kier alpha value is -1.39. The SMILES string of the molecule is CCN(C1CCCC1)C(C)C(=O)Nc1ccccc1CN. The molecule has 0 heterocycles. The van der Waals surface area contributed by atoms with E-state index in [1.807, 2.05) is 31.2 Å². The molecule has 1 fully saturated rings. The number of hydrogen-bond acceptors (Lipinski definition) is 3. The molecule has 1 aromatic carbocycles. The van der Waals surface area contributed by atoms with E-state index in [0.717, 1.165) is 17.8 Å². The average molecular weight is 289 g/mol. The van der Waals surface area contributed by atoms with Gasteiger partial charge < -0.3 is 11.1 Å². The number of carbonyl (C=O) groups excluding carboxylic acids is 1. The summed E-state index contributed by atoms with van der Waals surface area (Å²) < 4.78 is 0. The van der Waals surface area contributed by atoms with Crippen LogP contribution in [0.3, 0.4) is 0 Å². The summed E-state index contributed by atoms with van der Waals surface area (Å²) in [4.78, 5) is 14.9. The fourth-order valence-corrected chi connectivity index (χ4v) is 3.29. The second kappa shape index (κ2) is 7.57.